The van der Waals surface area contributed by atoms with Crippen LogP contribution in [0.1, 0.15) is 15.9 Å². The molecule has 0 aliphatic rings. The predicted molar refractivity (Wildman–Crippen MR) is 99.2 cm³/mol. The maximum absolute atomic E-state index is 13.0. The molecule has 29 heavy (non-hydrogen) atoms. The second-order valence-corrected chi connectivity index (χ2v) is 6.62. The Labute approximate surface area is 167 Å². The summed E-state index contributed by atoms with van der Waals surface area (Å²) in [6.45, 7) is 0. The number of aromatic nitrogens is 1. The van der Waals surface area contributed by atoms with E-state index in [0.717, 1.165) is 18.2 Å². The lowest BCUT2D eigenvalue weighted by molar-refractivity contribution is -0.254. The van der Waals surface area contributed by atoms with Gasteiger partial charge in [-0.25, -0.2) is 4.98 Å². The van der Waals surface area contributed by atoms with Crippen molar-refractivity contribution >= 4 is 28.5 Å². The number of carbonyl (C=O) groups excluding carboxylic acids is 1. The van der Waals surface area contributed by atoms with E-state index in [0.29, 0.717) is 10.9 Å². The molecule has 8 heteroatoms. The summed E-state index contributed by atoms with van der Waals surface area (Å²) in [5.74, 6) is -1.10. The van der Waals surface area contributed by atoms with E-state index in [1.807, 2.05) is 0 Å². The average Bonchev–Trinajstić information content (AvgIpc) is 3.16. The minimum absolute atomic E-state index is 0.0636. The van der Waals surface area contributed by atoms with E-state index >= 15 is 0 Å². The van der Waals surface area contributed by atoms with Crippen molar-refractivity contribution in [3.63, 3.8) is 0 Å². The minimum Gasteiger partial charge on any atom is -0.545 e. The molecule has 0 amide bonds. The van der Waals surface area contributed by atoms with Crippen molar-refractivity contribution in [1.82, 2.24) is 4.98 Å². The molecule has 0 atom stereocenters. The number of halogens is 4. The minimum atomic E-state index is -4.53. The molecule has 0 spiro atoms. The Kier molecular flexibility index (Phi) is 4.55. The maximum Gasteiger partial charge on any atom is 0.416 e. The number of alkyl halides is 3. The zero-order chi connectivity index (χ0) is 20.8. The summed E-state index contributed by atoms with van der Waals surface area (Å²) in [4.78, 5) is 15.9. The Bertz CT molecular complexity index is 1250. The molecule has 0 saturated heterocycles. The van der Waals surface area contributed by atoms with Crippen LogP contribution in [-0.4, -0.2) is 11.0 Å². The van der Waals surface area contributed by atoms with Gasteiger partial charge in [0.05, 0.1) is 22.1 Å². The molecule has 4 nitrogen and oxygen atoms in total. The van der Waals surface area contributed by atoms with Gasteiger partial charge in [0.2, 0.25) is 0 Å². The lowest BCUT2D eigenvalue weighted by Crippen LogP contribution is -2.22. The van der Waals surface area contributed by atoms with Crippen LogP contribution in [0.3, 0.4) is 0 Å². The van der Waals surface area contributed by atoms with E-state index in [-0.39, 0.29) is 33.4 Å². The van der Waals surface area contributed by atoms with Gasteiger partial charge in [-0.3, -0.25) is 0 Å². The first-order valence-electron chi connectivity index (χ1n) is 8.32. The molecule has 0 radical (unpaired) electrons. The van der Waals surface area contributed by atoms with Gasteiger partial charge in [-0.1, -0.05) is 29.8 Å². The lowest BCUT2D eigenvalue weighted by Gasteiger charge is -2.10. The first-order valence-corrected chi connectivity index (χ1v) is 8.70. The molecule has 0 aliphatic heterocycles. The number of aromatic carboxylic acids is 1. The molecular weight excluding hydrogens is 407 g/mol. The standard InChI is InChI=1S/C21H11ClF3NO3/c22-15-6-5-11(21(23,24)25)9-14(15)18-7-8-19(29-18)17-10-13(20(27)28)12-3-1-2-4-16(12)26-17/h1-10H,(H,27,28)/p-1. The van der Waals surface area contributed by atoms with E-state index in [4.69, 9.17) is 16.0 Å². The number of rotatable bonds is 3. The van der Waals surface area contributed by atoms with Crippen LogP contribution in [0.2, 0.25) is 5.02 Å². The van der Waals surface area contributed by atoms with Crippen LogP contribution < -0.4 is 5.11 Å². The number of fused-ring (bicyclic) bond motifs is 1. The number of pyridine rings is 1. The number of carbonyl (C=O) groups is 1. The summed E-state index contributed by atoms with van der Waals surface area (Å²) >= 11 is 6.05. The van der Waals surface area contributed by atoms with Gasteiger partial charge in [-0.15, -0.1) is 0 Å². The number of hydrogen-bond donors (Lipinski definition) is 0. The first-order chi connectivity index (χ1) is 13.7. The molecular formula is C21H10ClF3NO3-. The summed E-state index contributed by atoms with van der Waals surface area (Å²) in [6, 6.07) is 13.8. The van der Waals surface area contributed by atoms with Gasteiger partial charge in [0.15, 0.2) is 5.76 Å². The highest BCUT2D eigenvalue weighted by Gasteiger charge is 2.31. The van der Waals surface area contributed by atoms with E-state index in [1.54, 1.807) is 24.3 Å². The van der Waals surface area contributed by atoms with Crippen molar-refractivity contribution in [2.75, 3.05) is 0 Å². The predicted octanol–water partition coefficient (Wildman–Crippen LogP) is 5.20. The molecule has 0 saturated carbocycles. The Morgan fingerprint density at radius 2 is 1.72 bits per heavy atom. The molecule has 146 valence electrons. The summed E-state index contributed by atoms with van der Waals surface area (Å²) < 4.78 is 44.7. The Morgan fingerprint density at radius 3 is 2.45 bits per heavy atom. The van der Waals surface area contributed by atoms with E-state index in [1.165, 1.54) is 18.2 Å². The number of hydrogen-bond acceptors (Lipinski definition) is 4. The molecule has 2 aromatic carbocycles. The van der Waals surface area contributed by atoms with Gasteiger partial charge in [0.1, 0.15) is 11.5 Å². The van der Waals surface area contributed by atoms with Gasteiger partial charge in [-0.05, 0) is 42.5 Å². The van der Waals surface area contributed by atoms with Crippen LogP contribution in [0.5, 0.6) is 0 Å². The normalized spacial score (nSPS) is 11.7. The maximum atomic E-state index is 13.0. The molecule has 0 unspecified atom stereocenters. The largest absolute Gasteiger partial charge is 0.545 e. The van der Waals surface area contributed by atoms with Crippen LogP contribution in [0.25, 0.3) is 33.7 Å². The second kappa shape index (κ2) is 6.93. The van der Waals surface area contributed by atoms with Gasteiger partial charge >= 0.3 is 6.18 Å². The summed E-state index contributed by atoms with van der Waals surface area (Å²) in [5, 5.41) is 12.0. The zero-order valence-corrected chi connectivity index (χ0v) is 15.2. The van der Waals surface area contributed by atoms with Crippen LogP contribution in [-0.2, 0) is 6.18 Å². The van der Waals surface area contributed by atoms with Gasteiger partial charge < -0.3 is 14.3 Å². The SMILES string of the molecule is O=C([O-])c1cc(-c2ccc(-c3cc(C(F)(F)F)ccc3Cl)o2)nc2ccccc12. The van der Waals surface area contributed by atoms with Gasteiger partial charge in [-0.2, -0.15) is 13.2 Å². The topological polar surface area (TPSA) is 66.2 Å². The Morgan fingerprint density at radius 1 is 1.00 bits per heavy atom. The van der Waals surface area contributed by atoms with Crippen LogP contribution in [0.15, 0.2) is 65.1 Å². The van der Waals surface area contributed by atoms with Crippen molar-refractivity contribution in [2.45, 2.75) is 6.18 Å². The van der Waals surface area contributed by atoms with Crippen LogP contribution in [0.4, 0.5) is 13.2 Å². The van der Waals surface area contributed by atoms with Gasteiger partial charge in [0.25, 0.3) is 0 Å². The molecule has 2 heterocycles. The summed E-state index contributed by atoms with van der Waals surface area (Å²) in [7, 11) is 0. The van der Waals surface area contributed by atoms with E-state index < -0.39 is 17.7 Å². The van der Waals surface area contributed by atoms with Crippen molar-refractivity contribution in [2.24, 2.45) is 0 Å². The fourth-order valence-corrected chi connectivity index (χ4v) is 3.19. The Balaban J connectivity index is 1.82. The quantitative estimate of drug-likeness (QED) is 0.460. The number of para-hydroxylation sites is 1. The van der Waals surface area contributed by atoms with Crippen LogP contribution in [0, 0.1) is 0 Å². The molecule has 0 bridgehead atoms. The third-order valence-electron chi connectivity index (χ3n) is 4.35. The third-order valence-corrected chi connectivity index (χ3v) is 4.68. The van der Waals surface area contributed by atoms with E-state index in [2.05, 4.69) is 4.98 Å². The Hall–Kier alpha value is -3.32. The van der Waals surface area contributed by atoms with Crippen LogP contribution >= 0.6 is 11.6 Å². The lowest BCUT2D eigenvalue weighted by atomic mass is 10.1. The van der Waals surface area contributed by atoms with E-state index in [9.17, 15) is 23.1 Å². The summed E-state index contributed by atoms with van der Waals surface area (Å²) in [5.41, 5.74) is -0.247. The third kappa shape index (κ3) is 3.56. The monoisotopic (exact) mass is 416 g/mol. The number of carboxylic acid groups (broad SMARTS) is 1. The first kappa shape index (κ1) is 19.0. The number of furan rings is 1. The fraction of sp³-hybridized carbons (Fsp3) is 0.0476. The molecule has 0 fully saturated rings. The fourth-order valence-electron chi connectivity index (χ4n) is 2.98. The highest BCUT2D eigenvalue weighted by Crippen LogP contribution is 2.38. The zero-order valence-electron chi connectivity index (χ0n) is 14.5. The smallest absolute Gasteiger partial charge is 0.416 e. The molecule has 2 aromatic heterocycles. The van der Waals surface area contributed by atoms with Crippen molar-refractivity contribution in [1.29, 1.82) is 0 Å². The number of carboxylic acids is 1. The molecule has 4 aromatic rings. The van der Waals surface area contributed by atoms with Crippen molar-refractivity contribution < 1.29 is 27.5 Å². The highest BCUT2D eigenvalue weighted by molar-refractivity contribution is 6.33. The highest BCUT2D eigenvalue weighted by atomic mass is 35.5. The molecule has 0 aliphatic carbocycles. The number of benzene rings is 2. The molecule has 0 N–H and O–H groups in total. The average molecular weight is 417 g/mol. The second-order valence-electron chi connectivity index (χ2n) is 6.22. The summed E-state index contributed by atoms with van der Waals surface area (Å²) in [6.07, 6.45) is -4.53. The number of nitrogens with zero attached hydrogens (tertiary/aromatic N) is 1. The van der Waals surface area contributed by atoms with Crippen molar-refractivity contribution in [3.8, 4) is 22.8 Å². The molecule has 4 rings (SSSR count). The van der Waals surface area contributed by atoms with Crippen molar-refractivity contribution in [3.05, 3.63) is 76.8 Å². The van der Waals surface area contributed by atoms with Gasteiger partial charge in [0, 0.05) is 16.5 Å².